The fourth-order valence-corrected chi connectivity index (χ4v) is 2.28. The third-order valence-corrected chi connectivity index (χ3v) is 3.56. The summed E-state index contributed by atoms with van der Waals surface area (Å²) in [6.45, 7) is 0.740. The summed E-state index contributed by atoms with van der Waals surface area (Å²) in [6.07, 6.45) is 0. The van der Waals surface area contributed by atoms with E-state index in [1.807, 2.05) is 24.3 Å². The number of ether oxygens (including phenoxy) is 2. The van der Waals surface area contributed by atoms with Crippen molar-refractivity contribution in [3.05, 3.63) is 77.9 Å². The maximum atomic E-state index is 8.70. The van der Waals surface area contributed by atoms with Crippen LogP contribution in [0.25, 0.3) is 0 Å². The molecule has 0 atom stereocenters. The van der Waals surface area contributed by atoms with Gasteiger partial charge in [0.25, 0.3) is 0 Å². The van der Waals surface area contributed by atoms with Gasteiger partial charge in [-0.05, 0) is 35.4 Å². The standard InChI is InChI=1S/C19H19N3O4/c23-20-12-14-4-8-16(9-5-14)25-18-2-1-3-19(22-18)26-17-10-6-15(7-11-17)13-21-24/h1-11,20-21,23-24H,12-13H2. The van der Waals surface area contributed by atoms with Crippen LogP contribution < -0.4 is 20.4 Å². The van der Waals surface area contributed by atoms with Gasteiger partial charge in [0.05, 0.1) is 0 Å². The summed E-state index contributed by atoms with van der Waals surface area (Å²) in [5.41, 5.74) is 6.09. The second-order valence-corrected chi connectivity index (χ2v) is 5.48. The van der Waals surface area contributed by atoms with Gasteiger partial charge in [-0.25, -0.2) is 11.0 Å². The van der Waals surface area contributed by atoms with Crippen LogP contribution in [0, 0.1) is 0 Å². The van der Waals surface area contributed by atoms with Crippen LogP contribution in [0.2, 0.25) is 0 Å². The molecule has 134 valence electrons. The number of nitrogens with one attached hydrogen (secondary N) is 2. The lowest BCUT2D eigenvalue weighted by molar-refractivity contribution is 0.161. The molecule has 7 heteroatoms. The molecule has 0 bridgehead atoms. The summed E-state index contributed by atoms with van der Waals surface area (Å²) < 4.78 is 11.5. The van der Waals surface area contributed by atoms with E-state index in [4.69, 9.17) is 19.9 Å². The molecule has 0 saturated heterocycles. The van der Waals surface area contributed by atoms with Crippen LogP contribution in [0.3, 0.4) is 0 Å². The SMILES string of the molecule is ONCc1ccc(Oc2cccc(Oc3ccc(CNO)cc3)n2)cc1. The van der Waals surface area contributed by atoms with E-state index in [1.54, 1.807) is 42.5 Å². The van der Waals surface area contributed by atoms with E-state index in [0.29, 0.717) is 36.3 Å². The van der Waals surface area contributed by atoms with Gasteiger partial charge in [-0.15, -0.1) is 0 Å². The number of benzene rings is 2. The van der Waals surface area contributed by atoms with E-state index in [2.05, 4.69) is 15.9 Å². The Balaban J connectivity index is 1.65. The zero-order valence-electron chi connectivity index (χ0n) is 13.9. The topological polar surface area (TPSA) is 95.9 Å². The minimum atomic E-state index is 0.370. The van der Waals surface area contributed by atoms with E-state index in [-0.39, 0.29) is 0 Å². The predicted octanol–water partition coefficient (Wildman–Crippen LogP) is 3.62. The molecule has 0 aliphatic rings. The molecular weight excluding hydrogens is 334 g/mol. The molecule has 0 spiro atoms. The van der Waals surface area contributed by atoms with Crippen LogP contribution in [0.5, 0.6) is 23.3 Å². The third kappa shape index (κ3) is 5.01. The Hall–Kier alpha value is -2.97. The van der Waals surface area contributed by atoms with E-state index in [9.17, 15) is 0 Å². The Labute approximate surface area is 150 Å². The van der Waals surface area contributed by atoms with Gasteiger partial charge >= 0.3 is 0 Å². The first-order valence-corrected chi connectivity index (χ1v) is 8.01. The van der Waals surface area contributed by atoms with Crippen molar-refractivity contribution in [2.24, 2.45) is 0 Å². The van der Waals surface area contributed by atoms with Gasteiger partial charge in [-0.3, -0.25) is 0 Å². The summed E-state index contributed by atoms with van der Waals surface area (Å²) in [5, 5.41) is 17.4. The van der Waals surface area contributed by atoms with Crippen molar-refractivity contribution in [3.8, 4) is 23.3 Å². The fourth-order valence-electron chi connectivity index (χ4n) is 2.28. The van der Waals surface area contributed by atoms with Crippen LogP contribution in [0.4, 0.5) is 0 Å². The lowest BCUT2D eigenvalue weighted by Crippen LogP contribution is -2.05. The van der Waals surface area contributed by atoms with E-state index in [1.165, 1.54) is 0 Å². The van der Waals surface area contributed by atoms with Gasteiger partial charge in [-0.2, -0.15) is 4.98 Å². The van der Waals surface area contributed by atoms with Crippen LogP contribution in [-0.2, 0) is 13.1 Å². The van der Waals surface area contributed by atoms with Crippen LogP contribution in [0.1, 0.15) is 11.1 Å². The smallest absolute Gasteiger partial charge is 0.222 e. The van der Waals surface area contributed by atoms with Crippen LogP contribution >= 0.6 is 0 Å². The molecule has 1 aromatic heterocycles. The number of nitrogens with zero attached hydrogens (tertiary/aromatic N) is 1. The molecule has 26 heavy (non-hydrogen) atoms. The average Bonchev–Trinajstić information content (AvgIpc) is 2.66. The molecule has 7 nitrogen and oxygen atoms in total. The maximum Gasteiger partial charge on any atom is 0.222 e. The molecule has 3 rings (SSSR count). The minimum absolute atomic E-state index is 0.370. The molecule has 0 aliphatic heterocycles. The molecule has 3 aromatic rings. The lowest BCUT2D eigenvalue weighted by Gasteiger charge is -2.09. The summed E-state index contributed by atoms with van der Waals surface area (Å²) in [6, 6.07) is 19.9. The number of hydroxylamine groups is 2. The zero-order chi connectivity index (χ0) is 18.2. The molecular formula is C19H19N3O4. The summed E-state index contributed by atoms with van der Waals surface area (Å²) in [5.74, 6) is 2.10. The van der Waals surface area contributed by atoms with Gasteiger partial charge in [0.15, 0.2) is 0 Å². The van der Waals surface area contributed by atoms with Crippen LogP contribution in [-0.4, -0.2) is 15.4 Å². The average molecular weight is 353 g/mol. The number of rotatable bonds is 8. The molecule has 0 radical (unpaired) electrons. The molecule has 0 aliphatic carbocycles. The Bertz CT molecular complexity index is 756. The normalized spacial score (nSPS) is 10.5. The maximum absolute atomic E-state index is 8.70. The highest BCUT2D eigenvalue weighted by Crippen LogP contribution is 2.25. The van der Waals surface area contributed by atoms with E-state index >= 15 is 0 Å². The third-order valence-electron chi connectivity index (χ3n) is 3.56. The van der Waals surface area contributed by atoms with Crippen molar-refractivity contribution in [1.29, 1.82) is 0 Å². The Kier molecular flexibility index (Phi) is 6.13. The first-order chi connectivity index (χ1) is 12.8. The van der Waals surface area contributed by atoms with Gasteiger partial charge in [-0.1, -0.05) is 30.3 Å². The summed E-state index contributed by atoms with van der Waals surface area (Å²) >= 11 is 0. The van der Waals surface area contributed by atoms with Crippen molar-refractivity contribution in [3.63, 3.8) is 0 Å². The molecule has 1 heterocycles. The molecule has 0 fully saturated rings. The molecule has 2 aromatic carbocycles. The molecule has 0 amide bonds. The second kappa shape index (κ2) is 8.93. The first-order valence-electron chi connectivity index (χ1n) is 8.01. The number of aromatic nitrogens is 1. The van der Waals surface area contributed by atoms with Crippen molar-refractivity contribution in [1.82, 2.24) is 15.9 Å². The molecule has 0 saturated carbocycles. The number of pyridine rings is 1. The van der Waals surface area contributed by atoms with Gasteiger partial charge in [0, 0.05) is 25.2 Å². The zero-order valence-corrected chi connectivity index (χ0v) is 13.9. The van der Waals surface area contributed by atoms with Gasteiger partial charge in [0.1, 0.15) is 11.5 Å². The van der Waals surface area contributed by atoms with Crippen molar-refractivity contribution >= 4 is 0 Å². The lowest BCUT2D eigenvalue weighted by atomic mass is 10.2. The largest absolute Gasteiger partial charge is 0.439 e. The molecule has 0 unspecified atom stereocenters. The van der Waals surface area contributed by atoms with Gasteiger partial charge < -0.3 is 19.9 Å². The molecule has 4 N–H and O–H groups in total. The van der Waals surface area contributed by atoms with E-state index < -0.39 is 0 Å². The van der Waals surface area contributed by atoms with Gasteiger partial charge in [0.2, 0.25) is 11.8 Å². The Morgan fingerprint density at radius 3 is 1.46 bits per heavy atom. The predicted molar refractivity (Wildman–Crippen MR) is 94.5 cm³/mol. The highest BCUT2D eigenvalue weighted by molar-refractivity contribution is 5.34. The summed E-state index contributed by atoms with van der Waals surface area (Å²) in [4.78, 5) is 4.33. The summed E-state index contributed by atoms with van der Waals surface area (Å²) in [7, 11) is 0. The van der Waals surface area contributed by atoms with Crippen LogP contribution in [0.15, 0.2) is 66.7 Å². The second-order valence-electron chi connectivity index (χ2n) is 5.48. The quantitative estimate of drug-likeness (QED) is 0.459. The highest BCUT2D eigenvalue weighted by atomic mass is 16.5. The number of hydrogen-bond acceptors (Lipinski definition) is 7. The Morgan fingerprint density at radius 1 is 0.654 bits per heavy atom. The number of hydrogen-bond donors (Lipinski definition) is 4. The highest BCUT2D eigenvalue weighted by Gasteiger charge is 2.04. The van der Waals surface area contributed by atoms with Crippen molar-refractivity contribution in [2.45, 2.75) is 13.1 Å². The monoisotopic (exact) mass is 353 g/mol. The Morgan fingerprint density at radius 2 is 1.08 bits per heavy atom. The van der Waals surface area contributed by atoms with E-state index in [0.717, 1.165) is 11.1 Å². The first kappa shape index (κ1) is 17.8. The fraction of sp³-hybridized carbons (Fsp3) is 0.105. The minimum Gasteiger partial charge on any atom is -0.439 e. The van der Waals surface area contributed by atoms with Crippen molar-refractivity contribution in [2.75, 3.05) is 0 Å². The van der Waals surface area contributed by atoms with Crippen molar-refractivity contribution < 1.29 is 19.9 Å².